The van der Waals surface area contributed by atoms with E-state index in [-0.39, 0.29) is 5.91 Å². The fraction of sp³-hybridized carbons (Fsp3) is 0.450. The predicted octanol–water partition coefficient (Wildman–Crippen LogP) is 1.10. The number of benzene rings is 1. The number of hydrogen-bond donors (Lipinski definition) is 1. The summed E-state index contributed by atoms with van der Waals surface area (Å²) in [6.07, 6.45) is 2.63. The first kappa shape index (κ1) is 17.9. The maximum atomic E-state index is 12.5. The van der Waals surface area contributed by atoms with Crippen LogP contribution in [-0.2, 0) is 17.7 Å². The molecule has 1 fully saturated rings. The number of amides is 1. The second kappa shape index (κ2) is 8.45. The van der Waals surface area contributed by atoms with Gasteiger partial charge in [0.05, 0.1) is 13.2 Å². The van der Waals surface area contributed by atoms with E-state index in [4.69, 9.17) is 4.74 Å². The molecule has 0 saturated carbocycles. The summed E-state index contributed by atoms with van der Waals surface area (Å²) in [6.45, 7) is 6.45. The minimum absolute atomic E-state index is 0.149. The summed E-state index contributed by atoms with van der Waals surface area (Å²) < 4.78 is 5.34. The molecule has 0 aliphatic carbocycles. The van der Waals surface area contributed by atoms with Crippen LogP contribution >= 0.6 is 0 Å². The number of carbonyl (C=O) groups excluding carboxylic acids is 1. The van der Waals surface area contributed by atoms with E-state index in [1.807, 2.05) is 0 Å². The van der Waals surface area contributed by atoms with E-state index in [1.54, 1.807) is 12.3 Å². The average Bonchev–Trinajstić information content (AvgIpc) is 2.74. The molecular weight excluding hydrogens is 342 g/mol. The average molecular weight is 367 g/mol. The Hall–Kier alpha value is -2.51. The van der Waals surface area contributed by atoms with Gasteiger partial charge in [0, 0.05) is 45.5 Å². The van der Waals surface area contributed by atoms with Crippen LogP contribution in [0.25, 0.3) is 0 Å². The lowest BCUT2D eigenvalue weighted by atomic mass is 10.0. The zero-order valence-electron chi connectivity index (χ0n) is 15.4. The fourth-order valence-electron chi connectivity index (χ4n) is 3.54. The Balaban J connectivity index is 1.35. The molecule has 7 nitrogen and oxygen atoms in total. The Bertz CT molecular complexity index is 791. The lowest BCUT2D eigenvalue weighted by Gasteiger charge is -2.29. The van der Waals surface area contributed by atoms with Crippen molar-refractivity contribution in [3.05, 3.63) is 53.3 Å². The number of aromatic nitrogens is 2. The Morgan fingerprint density at radius 1 is 1.11 bits per heavy atom. The monoisotopic (exact) mass is 367 g/mol. The molecule has 1 saturated heterocycles. The quantitative estimate of drug-likeness (QED) is 0.853. The second-order valence-corrected chi connectivity index (χ2v) is 6.89. The Kier molecular flexibility index (Phi) is 5.60. The van der Waals surface area contributed by atoms with Crippen LogP contribution in [0.5, 0.6) is 0 Å². The number of fused-ring (bicyclic) bond motifs is 1. The molecule has 1 aromatic heterocycles. The maximum absolute atomic E-state index is 12.5. The van der Waals surface area contributed by atoms with Gasteiger partial charge in [-0.25, -0.2) is 9.97 Å². The zero-order chi connectivity index (χ0) is 18.5. The summed E-state index contributed by atoms with van der Waals surface area (Å²) in [5.74, 6) is 0.467. The van der Waals surface area contributed by atoms with Gasteiger partial charge in [-0.15, -0.1) is 0 Å². The molecule has 0 atom stereocenters. The minimum atomic E-state index is -0.149. The topological polar surface area (TPSA) is 70.6 Å². The van der Waals surface area contributed by atoms with Crippen LogP contribution in [-0.4, -0.2) is 66.7 Å². The molecule has 1 N–H and O–H groups in total. The highest BCUT2D eigenvalue weighted by molar-refractivity contribution is 5.92. The number of nitrogens with one attached hydrogen (secondary N) is 1. The number of ether oxygens (including phenoxy) is 1. The lowest BCUT2D eigenvalue weighted by Crippen LogP contribution is -2.41. The third-order valence-electron chi connectivity index (χ3n) is 5.11. The van der Waals surface area contributed by atoms with Crippen LogP contribution in [0.4, 0.5) is 5.95 Å². The SMILES string of the molecule is O=C(NCCN1CCOCC1)c1ccnc(N2CCc3ccccc3C2)n1. The zero-order valence-corrected chi connectivity index (χ0v) is 15.4. The molecule has 2 aliphatic rings. The van der Waals surface area contributed by atoms with Gasteiger partial charge in [0.1, 0.15) is 5.69 Å². The highest BCUT2D eigenvalue weighted by Gasteiger charge is 2.19. The number of morpholine rings is 1. The van der Waals surface area contributed by atoms with Gasteiger partial charge in [0.25, 0.3) is 5.91 Å². The van der Waals surface area contributed by atoms with Crippen molar-refractivity contribution in [2.75, 3.05) is 50.8 Å². The van der Waals surface area contributed by atoms with Gasteiger partial charge in [-0.2, -0.15) is 0 Å². The molecule has 2 aromatic rings. The van der Waals surface area contributed by atoms with Crippen molar-refractivity contribution in [3.63, 3.8) is 0 Å². The molecule has 1 amide bonds. The summed E-state index contributed by atoms with van der Waals surface area (Å²) in [7, 11) is 0. The minimum Gasteiger partial charge on any atom is -0.379 e. The lowest BCUT2D eigenvalue weighted by molar-refractivity contribution is 0.0383. The molecule has 0 spiro atoms. The van der Waals surface area contributed by atoms with E-state index in [0.29, 0.717) is 18.2 Å². The number of carbonyl (C=O) groups is 1. The standard InChI is InChI=1S/C20H25N5O2/c26-19(21-8-10-24-11-13-27-14-12-24)18-5-7-22-20(23-18)25-9-6-16-3-1-2-4-17(16)15-25/h1-5,7H,6,8-15H2,(H,21,26). The molecule has 4 rings (SSSR count). The molecule has 142 valence electrons. The van der Waals surface area contributed by atoms with Crippen molar-refractivity contribution in [2.24, 2.45) is 0 Å². The second-order valence-electron chi connectivity index (χ2n) is 6.89. The van der Waals surface area contributed by atoms with Crippen molar-refractivity contribution in [2.45, 2.75) is 13.0 Å². The smallest absolute Gasteiger partial charge is 0.270 e. The molecule has 0 bridgehead atoms. The third-order valence-corrected chi connectivity index (χ3v) is 5.11. The summed E-state index contributed by atoms with van der Waals surface area (Å²) in [6, 6.07) is 10.1. The maximum Gasteiger partial charge on any atom is 0.270 e. The van der Waals surface area contributed by atoms with Crippen LogP contribution in [0.15, 0.2) is 36.5 Å². The molecule has 7 heteroatoms. The van der Waals surface area contributed by atoms with Gasteiger partial charge in [0.2, 0.25) is 5.95 Å². The van der Waals surface area contributed by atoms with Crippen LogP contribution in [0.3, 0.4) is 0 Å². The number of rotatable bonds is 5. The van der Waals surface area contributed by atoms with Crippen molar-refractivity contribution in [1.82, 2.24) is 20.2 Å². The molecule has 0 radical (unpaired) electrons. The van der Waals surface area contributed by atoms with Crippen LogP contribution in [0.2, 0.25) is 0 Å². The number of nitrogens with zero attached hydrogens (tertiary/aromatic N) is 4. The van der Waals surface area contributed by atoms with E-state index >= 15 is 0 Å². The summed E-state index contributed by atoms with van der Waals surface area (Å²) in [4.78, 5) is 25.8. The van der Waals surface area contributed by atoms with Crippen LogP contribution < -0.4 is 10.2 Å². The molecule has 0 unspecified atom stereocenters. The number of hydrogen-bond acceptors (Lipinski definition) is 6. The first-order chi connectivity index (χ1) is 13.3. The third kappa shape index (κ3) is 4.43. The molecule has 27 heavy (non-hydrogen) atoms. The summed E-state index contributed by atoms with van der Waals surface area (Å²) >= 11 is 0. The molecule has 1 aromatic carbocycles. The molecule has 2 aliphatic heterocycles. The van der Waals surface area contributed by atoms with Gasteiger partial charge in [-0.05, 0) is 23.6 Å². The normalized spacial score (nSPS) is 17.4. The Morgan fingerprint density at radius 3 is 2.78 bits per heavy atom. The number of anilines is 1. The highest BCUT2D eigenvalue weighted by atomic mass is 16.5. The van der Waals surface area contributed by atoms with E-state index < -0.39 is 0 Å². The Labute approximate surface area is 159 Å². The molecular formula is C20H25N5O2. The van der Waals surface area contributed by atoms with Crippen molar-refractivity contribution in [3.8, 4) is 0 Å². The van der Waals surface area contributed by atoms with E-state index in [1.165, 1.54) is 11.1 Å². The van der Waals surface area contributed by atoms with Gasteiger partial charge < -0.3 is 15.0 Å². The highest BCUT2D eigenvalue weighted by Crippen LogP contribution is 2.21. The van der Waals surface area contributed by atoms with E-state index in [9.17, 15) is 4.79 Å². The Morgan fingerprint density at radius 2 is 1.93 bits per heavy atom. The first-order valence-corrected chi connectivity index (χ1v) is 9.53. The van der Waals surface area contributed by atoms with Crippen LogP contribution in [0, 0.1) is 0 Å². The van der Waals surface area contributed by atoms with E-state index in [2.05, 4.69) is 49.4 Å². The van der Waals surface area contributed by atoms with Crippen molar-refractivity contribution < 1.29 is 9.53 Å². The van der Waals surface area contributed by atoms with Gasteiger partial charge in [-0.3, -0.25) is 9.69 Å². The van der Waals surface area contributed by atoms with E-state index in [0.717, 1.165) is 52.4 Å². The largest absolute Gasteiger partial charge is 0.379 e. The van der Waals surface area contributed by atoms with Crippen molar-refractivity contribution >= 4 is 11.9 Å². The molecule has 3 heterocycles. The van der Waals surface area contributed by atoms with Crippen LogP contribution in [0.1, 0.15) is 21.6 Å². The van der Waals surface area contributed by atoms with Gasteiger partial charge >= 0.3 is 0 Å². The summed E-state index contributed by atoms with van der Waals surface area (Å²) in [5, 5.41) is 2.96. The van der Waals surface area contributed by atoms with Crippen molar-refractivity contribution in [1.29, 1.82) is 0 Å². The van der Waals surface area contributed by atoms with Gasteiger partial charge in [-0.1, -0.05) is 24.3 Å². The van der Waals surface area contributed by atoms with Gasteiger partial charge in [0.15, 0.2) is 0 Å². The first-order valence-electron chi connectivity index (χ1n) is 9.53. The fourth-order valence-corrected chi connectivity index (χ4v) is 3.54. The summed E-state index contributed by atoms with van der Waals surface area (Å²) in [5.41, 5.74) is 3.10. The predicted molar refractivity (Wildman–Crippen MR) is 103 cm³/mol.